The highest BCUT2D eigenvalue weighted by molar-refractivity contribution is 5.85. The SMILES string of the molecule is O=C(O)c1cccn1CCCOCC(F)(F)F. The molecule has 0 saturated heterocycles. The summed E-state index contributed by atoms with van der Waals surface area (Å²) < 4.78 is 41.0. The van der Waals surface area contributed by atoms with Crippen molar-refractivity contribution in [1.29, 1.82) is 0 Å². The Hall–Kier alpha value is -1.50. The molecule has 0 spiro atoms. The normalized spacial score (nSPS) is 11.7. The van der Waals surface area contributed by atoms with E-state index in [4.69, 9.17) is 5.11 Å². The maximum absolute atomic E-state index is 11.7. The van der Waals surface area contributed by atoms with Crippen molar-refractivity contribution in [3.05, 3.63) is 24.0 Å². The number of halogens is 3. The largest absolute Gasteiger partial charge is 0.477 e. The van der Waals surface area contributed by atoms with Crippen molar-refractivity contribution in [1.82, 2.24) is 4.57 Å². The van der Waals surface area contributed by atoms with E-state index in [1.165, 1.54) is 10.6 Å². The zero-order valence-electron chi connectivity index (χ0n) is 8.91. The second-order valence-electron chi connectivity index (χ2n) is 3.41. The van der Waals surface area contributed by atoms with E-state index in [0.29, 0.717) is 13.0 Å². The van der Waals surface area contributed by atoms with Crippen LogP contribution in [0.15, 0.2) is 18.3 Å². The van der Waals surface area contributed by atoms with Gasteiger partial charge in [-0.25, -0.2) is 4.79 Å². The van der Waals surface area contributed by atoms with Gasteiger partial charge in [-0.3, -0.25) is 0 Å². The zero-order valence-corrected chi connectivity index (χ0v) is 8.91. The Balaban J connectivity index is 2.27. The topological polar surface area (TPSA) is 51.5 Å². The van der Waals surface area contributed by atoms with Gasteiger partial charge in [0.1, 0.15) is 12.3 Å². The second kappa shape index (κ2) is 5.72. The Morgan fingerprint density at radius 3 is 2.76 bits per heavy atom. The van der Waals surface area contributed by atoms with Crippen molar-refractivity contribution >= 4 is 5.97 Å². The van der Waals surface area contributed by atoms with Crippen molar-refractivity contribution in [2.24, 2.45) is 0 Å². The Labute approximate surface area is 95.6 Å². The standard InChI is InChI=1S/C10H12F3NO3/c11-10(12,13)7-17-6-2-5-14-4-1-3-8(14)9(15)16/h1,3-4H,2,5-7H2,(H,15,16). The third-order valence-electron chi connectivity index (χ3n) is 2.00. The first-order chi connectivity index (χ1) is 7.90. The Kier molecular flexibility index (Phi) is 4.56. The summed E-state index contributed by atoms with van der Waals surface area (Å²) in [6.45, 7) is -1.02. The molecule has 0 amide bonds. The number of rotatable bonds is 6. The molecule has 17 heavy (non-hydrogen) atoms. The molecule has 1 aromatic heterocycles. The minimum Gasteiger partial charge on any atom is -0.477 e. The first-order valence-electron chi connectivity index (χ1n) is 4.93. The van der Waals surface area contributed by atoms with Gasteiger partial charge in [-0.1, -0.05) is 0 Å². The van der Waals surface area contributed by atoms with Crippen LogP contribution in [0.2, 0.25) is 0 Å². The second-order valence-corrected chi connectivity index (χ2v) is 3.41. The van der Waals surface area contributed by atoms with Gasteiger partial charge in [-0.2, -0.15) is 13.2 Å². The highest BCUT2D eigenvalue weighted by Crippen LogP contribution is 2.14. The molecule has 1 aromatic rings. The van der Waals surface area contributed by atoms with Crippen LogP contribution < -0.4 is 0 Å². The van der Waals surface area contributed by atoms with Crippen molar-refractivity contribution in [2.45, 2.75) is 19.1 Å². The summed E-state index contributed by atoms with van der Waals surface area (Å²) in [4.78, 5) is 10.7. The van der Waals surface area contributed by atoms with Gasteiger partial charge in [0.2, 0.25) is 0 Å². The maximum atomic E-state index is 11.7. The van der Waals surface area contributed by atoms with Crippen LogP contribution in [0.1, 0.15) is 16.9 Å². The molecule has 1 heterocycles. The van der Waals surface area contributed by atoms with Gasteiger partial charge in [-0.15, -0.1) is 0 Å². The first-order valence-corrected chi connectivity index (χ1v) is 4.93. The molecule has 0 radical (unpaired) electrons. The highest BCUT2D eigenvalue weighted by Gasteiger charge is 2.27. The van der Waals surface area contributed by atoms with Crippen molar-refractivity contribution in [3.8, 4) is 0 Å². The Morgan fingerprint density at radius 1 is 1.47 bits per heavy atom. The van der Waals surface area contributed by atoms with E-state index < -0.39 is 18.8 Å². The lowest BCUT2D eigenvalue weighted by Crippen LogP contribution is -2.18. The zero-order chi connectivity index (χ0) is 12.9. The summed E-state index contributed by atoms with van der Waals surface area (Å²) in [6.07, 6.45) is -2.43. The predicted octanol–water partition coefficient (Wildman–Crippen LogP) is 2.16. The number of ether oxygens (including phenoxy) is 1. The van der Waals surface area contributed by atoms with Crippen molar-refractivity contribution < 1.29 is 27.8 Å². The summed E-state index contributed by atoms with van der Waals surface area (Å²) in [5.41, 5.74) is 0.112. The van der Waals surface area contributed by atoms with Gasteiger partial charge >= 0.3 is 12.1 Å². The number of alkyl halides is 3. The van der Waals surface area contributed by atoms with E-state index in [1.807, 2.05) is 0 Å². The number of carboxylic acid groups (broad SMARTS) is 1. The third kappa shape index (κ3) is 4.90. The molecule has 7 heteroatoms. The van der Waals surface area contributed by atoms with E-state index in [-0.39, 0.29) is 12.3 Å². The van der Waals surface area contributed by atoms with Crippen LogP contribution in [0.3, 0.4) is 0 Å². The molecule has 0 unspecified atom stereocenters. The van der Waals surface area contributed by atoms with Crippen LogP contribution in [0, 0.1) is 0 Å². The van der Waals surface area contributed by atoms with Gasteiger partial charge in [0, 0.05) is 19.3 Å². The summed E-state index contributed by atoms with van der Waals surface area (Å²) in [6, 6.07) is 3.00. The molecule has 0 bridgehead atoms. The lowest BCUT2D eigenvalue weighted by molar-refractivity contribution is -0.174. The number of aromatic nitrogens is 1. The molecule has 1 N–H and O–H groups in total. The molecule has 1 rings (SSSR count). The summed E-state index contributed by atoms with van der Waals surface area (Å²) in [5, 5.41) is 8.76. The lowest BCUT2D eigenvalue weighted by Gasteiger charge is -2.08. The van der Waals surface area contributed by atoms with Gasteiger partial charge < -0.3 is 14.4 Å². The molecule has 0 fully saturated rings. The molecule has 0 saturated carbocycles. The maximum Gasteiger partial charge on any atom is 0.411 e. The predicted molar refractivity (Wildman–Crippen MR) is 52.9 cm³/mol. The van der Waals surface area contributed by atoms with E-state index in [1.54, 1.807) is 12.3 Å². The molecule has 0 aliphatic rings. The Bertz CT molecular complexity index is 373. The molecule has 0 aromatic carbocycles. The van der Waals surface area contributed by atoms with Crippen LogP contribution in [0.25, 0.3) is 0 Å². The van der Waals surface area contributed by atoms with Gasteiger partial charge in [-0.05, 0) is 18.6 Å². The minimum absolute atomic E-state index is 0.0588. The summed E-state index contributed by atoms with van der Waals surface area (Å²) in [5.74, 6) is -1.06. The molecule has 0 atom stereocenters. The van der Waals surface area contributed by atoms with Gasteiger partial charge in [0.15, 0.2) is 0 Å². The van der Waals surface area contributed by atoms with E-state index in [0.717, 1.165) is 0 Å². The molecule has 4 nitrogen and oxygen atoms in total. The number of carbonyl (C=O) groups is 1. The number of carboxylic acids is 1. The number of aryl methyl sites for hydroxylation is 1. The van der Waals surface area contributed by atoms with Crippen molar-refractivity contribution in [3.63, 3.8) is 0 Å². The average molecular weight is 251 g/mol. The monoisotopic (exact) mass is 251 g/mol. The Morgan fingerprint density at radius 2 is 2.18 bits per heavy atom. The van der Waals surface area contributed by atoms with Crippen molar-refractivity contribution in [2.75, 3.05) is 13.2 Å². The van der Waals surface area contributed by atoms with Crippen LogP contribution in [0.5, 0.6) is 0 Å². The summed E-state index contributed by atoms with van der Waals surface area (Å²) >= 11 is 0. The van der Waals surface area contributed by atoms with Crippen LogP contribution in [0.4, 0.5) is 13.2 Å². The van der Waals surface area contributed by atoms with Gasteiger partial charge in [0.05, 0.1) is 0 Å². The molecular weight excluding hydrogens is 239 g/mol. The van der Waals surface area contributed by atoms with E-state index in [9.17, 15) is 18.0 Å². The fourth-order valence-corrected chi connectivity index (χ4v) is 1.33. The molecule has 0 aliphatic heterocycles. The van der Waals surface area contributed by atoms with E-state index >= 15 is 0 Å². The average Bonchev–Trinajstić information content (AvgIpc) is 2.63. The van der Waals surface area contributed by atoms with Crippen LogP contribution in [-0.4, -0.2) is 35.0 Å². The molecular formula is C10H12F3NO3. The first kappa shape index (κ1) is 13.6. The number of hydrogen-bond donors (Lipinski definition) is 1. The fourth-order valence-electron chi connectivity index (χ4n) is 1.33. The lowest BCUT2D eigenvalue weighted by atomic mass is 10.4. The smallest absolute Gasteiger partial charge is 0.411 e. The fraction of sp³-hybridized carbons (Fsp3) is 0.500. The van der Waals surface area contributed by atoms with Crippen LogP contribution >= 0.6 is 0 Å². The highest BCUT2D eigenvalue weighted by atomic mass is 19.4. The number of aromatic carboxylic acids is 1. The number of hydrogen-bond acceptors (Lipinski definition) is 2. The quantitative estimate of drug-likeness (QED) is 0.788. The number of nitrogens with zero attached hydrogens (tertiary/aromatic N) is 1. The summed E-state index contributed by atoms with van der Waals surface area (Å²) in [7, 11) is 0. The minimum atomic E-state index is -4.32. The van der Waals surface area contributed by atoms with Gasteiger partial charge in [0.25, 0.3) is 0 Å². The molecule has 96 valence electrons. The molecule has 0 aliphatic carbocycles. The third-order valence-corrected chi connectivity index (χ3v) is 2.00. The van der Waals surface area contributed by atoms with E-state index in [2.05, 4.69) is 4.74 Å². The van der Waals surface area contributed by atoms with Crippen LogP contribution in [-0.2, 0) is 11.3 Å².